The molecule has 0 aliphatic carbocycles. The van der Waals surface area contributed by atoms with Gasteiger partial charge in [0.25, 0.3) is 0 Å². The van der Waals surface area contributed by atoms with Crippen molar-refractivity contribution < 1.29 is 0 Å². The lowest BCUT2D eigenvalue weighted by Gasteiger charge is -2.30. The van der Waals surface area contributed by atoms with Gasteiger partial charge in [0.2, 0.25) is 0 Å². The molecule has 4 aromatic carbocycles. The first-order valence-corrected chi connectivity index (χ1v) is 14.0. The first-order chi connectivity index (χ1) is 17.7. The number of aliphatic imine (C=N–C) groups is 1. The van der Waals surface area contributed by atoms with Crippen molar-refractivity contribution in [2.45, 2.75) is 85.1 Å². The minimum absolute atomic E-state index is 0.0570. The number of rotatable bonds is 8. The van der Waals surface area contributed by atoms with Crippen LogP contribution in [0.25, 0.3) is 10.8 Å². The zero-order chi connectivity index (χ0) is 26.7. The van der Waals surface area contributed by atoms with Crippen LogP contribution in [0.1, 0.15) is 124 Å². The van der Waals surface area contributed by atoms with Crippen molar-refractivity contribution in [3.05, 3.63) is 118 Å². The van der Waals surface area contributed by atoms with E-state index in [2.05, 4.69) is 140 Å². The molecule has 0 saturated carbocycles. The van der Waals surface area contributed by atoms with E-state index in [1.807, 2.05) is 0 Å². The highest BCUT2D eigenvalue weighted by Gasteiger charge is 2.28. The van der Waals surface area contributed by atoms with E-state index in [9.17, 15) is 0 Å². The maximum Gasteiger partial charge on any atom is 0.101 e. The number of nitrogens with zero attached hydrogens (tertiary/aromatic N) is 1. The van der Waals surface area contributed by atoms with Crippen LogP contribution < -0.4 is 0 Å². The van der Waals surface area contributed by atoms with Gasteiger partial charge in [-0.25, -0.2) is 0 Å². The van der Waals surface area contributed by atoms with Gasteiger partial charge < -0.3 is 0 Å². The quantitative estimate of drug-likeness (QED) is 0.218. The molecule has 4 aromatic rings. The third-order valence-corrected chi connectivity index (χ3v) is 7.53. The molecule has 0 heterocycles. The van der Waals surface area contributed by atoms with E-state index in [4.69, 9.17) is 4.99 Å². The fraction of sp³-hybridized carbons (Fsp3) is 0.361. The number of benzene rings is 4. The van der Waals surface area contributed by atoms with Crippen molar-refractivity contribution in [2.24, 2.45) is 4.99 Å². The second-order valence-corrected chi connectivity index (χ2v) is 11.6. The number of hydrogen-bond donors (Lipinski definition) is 0. The lowest BCUT2D eigenvalue weighted by atomic mass is 9.78. The lowest BCUT2D eigenvalue weighted by Crippen LogP contribution is -2.14. The van der Waals surface area contributed by atoms with E-state index in [-0.39, 0.29) is 6.04 Å². The Balaban J connectivity index is 2.02. The molecule has 1 nitrogen and oxygen atoms in total. The highest BCUT2D eigenvalue weighted by Crippen LogP contribution is 2.43. The Hall–Kier alpha value is -3.19. The van der Waals surface area contributed by atoms with E-state index >= 15 is 0 Å². The second kappa shape index (κ2) is 11.5. The minimum atomic E-state index is -0.0570. The van der Waals surface area contributed by atoms with Crippen LogP contribution in [-0.2, 0) is 0 Å². The first kappa shape index (κ1) is 26.9. The van der Waals surface area contributed by atoms with Crippen LogP contribution in [0.4, 0.5) is 0 Å². The lowest BCUT2D eigenvalue weighted by molar-refractivity contribution is 0.718. The van der Waals surface area contributed by atoms with Crippen LogP contribution in [0.5, 0.6) is 0 Å². The molecule has 0 aliphatic rings. The summed E-state index contributed by atoms with van der Waals surface area (Å²) in [6, 6.07) is 28.9. The summed E-state index contributed by atoms with van der Waals surface area (Å²) in [6.45, 7) is 18.5. The average Bonchev–Trinajstić information content (AvgIpc) is 2.88. The molecule has 4 rings (SSSR count). The maximum absolute atomic E-state index is 5.49. The van der Waals surface area contributed by atoms with E-state index < -0.39 is 0 Å². The zero-order valence-electron chi connectivity index (χ0n) is 23.9. The van der Waals surface area contributed by atoms with Crippen molar-refractivity contribution in [3.8, 4) is 0 Å². The molecule has 0 saturated heterocycles. The maximum atomic E-state index is 5.49. The molecule has 0 spiro atoms. The molecular formula is C36H43N. The van der Waals surface area contributed by atoms with E-state index in [1.54, 1.807) is 0 Å². The Morgan fingerprint density at radius 2 is 0.919 bits per heavy atom. The summed E-state index contributed by atoms with van der Waals surface area (Å²) in [6.07, 6.45) is 2.11. The summed E-state index contributed by atoms with van der Waals surface area (Å²) >= 11 is 0. The topological polar surface area (TPSA) is 12.4 Å². The van der Waals surface area contributed by atoms with Crippen LogP contribution in [0, 0.1) is 0 Å². The molecular weight excluding hydrogens is 446 g/mol. The molecule has 192 valence electrons. The highest BCUT2D eigenvalue weighted by atomic mass is 14.8. The third-order valence-electron chi connectivity index (χ3n) is 7.53. The third kappa shape index (κ3) is 5.72. The van der Waals surface area contributed by atoms with Gasteiger partial charge in [0.15, 0.2) is 0 Å². The number of hydrogen-bond acceptors (Lipinski definition) is 1. The summed E-state index contributed by atoms with van der Waals surface area (Å²) in [5, 5.41) is 2.51. The normalized spacial score (nSPS) is 12.4. The Morgan fingerprint density at radius 1 is 0.486 bits per heavy atom. The standard InChI is InChI=1S/C36H43N/c1-23(2)30-15-11-16-31(24(3)4)34(30)36(35-32(25(5)6)17-12-18-33(35)26(7)8)37-22-27-19-20-28-13-9-10-14-29(28)21-27/h9-26,36H,1-8H3. The molecule has 0 unspecified atom stereocenters. The van der Waals surface area contributed by atoms with Crippen LogP contribution in [-0.4, -0.2) is 6.21 Å². The van der Waals surface area contributed by atoms with Crippen LogP contribution in [0.15, 0.2) is 83.9 Å². The van der Waals surface area contributed by atoms with Gasteiger partial charge in [0.05, 0.1) is 0 Å². The smallest absolute Gasteiger partial charge is 0.101 e. The van der Waals surface area contributed by atoms with Gasteiger partial charge in [0.1, 0.15) is 6.04 Å². The summed E-state index contributed by atoms with van der Waals surface area (Å²) in [4.78, 5) is 5.49. The molecule has 0 aromatic heterocycles. The van der Waals surface area contributed by atoms with E-state index in [0.717, 1.165) is 5.56 Å². The second-order valence-electron chi connectivity index (χ2n) is 11.6. The molecule has 0 radical (unpaired) electrons. The van der Waals surface area contributed by atoms with Gasteiger partial charge in [-0.05, 0) is 79.5 Å². The largest absolute Gasteiger partial charge is 0.280 e. The first-order valence-electron chi connectivity index (χ1n) is 14.0. The summed E-state index contributed by atoms with van der Waals surface area (Å²) in [7, 11) is 0. The Kier molecular flexibility index (Phi) is 8.32. The van der Waals surface area contributed by atoms with Gasteiger partial charge in [0, 0.05) is 6.21 Å². The van der Waals surface area contributed by atoms with Crippen molar-refractivity contribution in [1.29, 1.82) is 0 Å². The van der Waals surface area contributed by atoms with Gasteiger partial charge >= 0.3 is 0 Å². The highest BCUT2D eigenvalue weighted by molar-refractivity contribution is 5.90. The molecule has 0 fully saturated rings. The molecule has 0 aliphatic heterocycles. The fourth-order valence-corrected chi connectivity index (χ4v) is 5.59. The van der Waals surface area contributed by atoms with Crippen molar-refractivity contribution in [2.75, 3.05) is 0 Å². The van der Waals surface area contributed by atoms with Gasteiger partial charge in [-0.15, -0.1) is 0 Å². The van der Waals surface area contributed by atoms with Gasteiger partial charge in [-0.2, -0.15) is 0 Å². The van der Waals surface area contributed by atoms with Crippen LogP contribution in [0.2, 0.25) is 0 Å². The molecule has 1 heteroatoms. The number of fused-ring (bicyclic) bond motifs is 1. The molecule has 37 heavy (non-hydrogen) atoms. The van der Waals surface area contributed by atoms with E-state index in [0.29, 0.717) is 23.7 Å². The molecule has 0 amide bonds. The van der Waals surface area contributed by atoms with Crippen molar-refractivity contribution in [1.82, 2.24) is 0 Å². The van der Waals surface area contributed by atoms with Crippen LogP contribution >= 0.6 is 0 Å². The fourth-order valence-electron chi connectivity index (χ4n) is 5.59. The summed E-state index contributed by atoms with van der Waals surface area (Å²) in [5.41, 5.74) is 9.53. The predicted octanol–water partition coefficient (Wildman–Crippen LogP) is 10.5. The average molecular weight is 490 g/mol. The van der Waals surface area contributed by atoms with Crippen molar-refractivity contribution in [3.63, 3.8) is 0 Å². The van der Waals surface area contributed by atoms with Crippen LogP contribution in [0.3, 0.4) is 0 Å². The molecule has 0 N–H and O–H groups in total. The summed E-state index contributed by atoms with van der Waals surface area (Å²) in [5.74, 6) is 1.67. The monoisotopic (exact) mass is 489 g/mol. The molecule has 0 atom stereocenters. The molecule has 0 bridgehead atoms. The van der Waals surface area contributed by atoms with Crippen molar-refractivity contribution >= 4 is 17.0 Å². The minimum Gasteiger partial charge on any atom is -0.280 e. The predicted molar refractivity (Wildman–Crippen MR) is 163 cm³/mol. The Bertz CT molecular complexity index is 1270. The Labute approximate surface area is 224 Å². The summed E-state index contributed by atoms with van der Waals surface area (Å²) < 4.78 is 0. The Morgan fingerprint density at radius 3 is 1.35 bits per heavy atom. The van der Waals surface area contributed by atoms with E-state index in [1.165, 1.54) is 44.2 Å². The SMILES string of the molecule is CC(C)c1cccc(C(C)C)c1C(N=Cc1ccc2ccccc2c1)c1c(C(C)C)cccc1C(C)C. The van der Waals surface area contributed by atoms with Gasteiger partial charge in [-0.1, -0.05) is 128 Å². The zero-order valence-corrected chi connectivity index (χ0v) is 23.9. The van der Waals surface area contributed by atoms with Gasteiger partial charge in [-0.3, -0.25) is 4.99 Å².